The summed E-state index contributed by atoms with van der Waals surface area (Å²) in [5.41, 5.74) is 6.43. The largest absolute Gasteiger partial charge is 0.271 e. The molecule has 2 rings (SSSR count). The highest BCUT2D eigenvalue weighted by Gasteiger charge is 2.02. The lowest BCUT2D eigenvalue weighted by Gasteiger charge is -2.01. The summed E-state index contributed by atoms with van der Waals surface area (Å²) < 4.78 is 0. The van der Waals surface area contributed by atoms with Crippen LogP contribution in [-0.4, -0.2) is 12.1 Å². The summed E-state index contributed by atoms with van der Waals surface area (Å²) in [6.45, 7) is 4.03. The van der Waals surface area contributed by atoms with E-state index in [1.54, 1.807) is 6.21 Å². The fraction of sp³-hybridized carbons (Fsp3) is 0.158. The topological polar surface area (TPSA) is 41.5 Å². The van der Waals surface area contributed by atoms with Crippen molar-refractivity contribution >= 4 is 18.2 Å². The number of hydrazone groups is 1. The van der Waals surface area contributed by atoms with Crippen molar-refractivity contribution in [1.29, 1.82) is 0 Å². The lowest BCUT2D eigenvalue weighted by molar-refractivity contribution is 0.0955. The van der Waals surface area contributed by atoms with Crippen molar-refractivity contribution < 1.29 is 4.79 Å². The molecular weight excluding hydrogens is 272 g/mol. The first-order valence-electron chi connectivity index (χ1n) is 7.34. The third kappa shape index (κ3) is 4.70. The van der Waals surface area contributed by atoms with E-state index >= 15 is 0 Å². The molecule has 0 aliphatic heterocycles. The molecule has 3 nitrogen and oxygen atoms in total. The van der Waals surface area contributed by atoms with Crippen molar-refractivity contribution in [2.75, 3.05) is 0 Å². The molecule has 0 heterocycles. The van der Waals surface area contributed by atoms with Crippen molar-refractivity contribution in [3.63, 3.8) is 0 Å². The van der Waals surface area contributed by atoms with Crippen LogP contribution in [0.4, 0.5) is 0 Å². The molecule has 2 aromatic carbocycles. The van der Waals surface area contributed by atoms with Gasteiger partial charge in [-0.2, -0.15) is 5.10 Å². The lowest BCUT2D eigenvalue weighted by atomic mass is 10.1. The van der Waals surface area contributed by atoms with Gasteiger partial charge in [-0.25, -0.2) is 5.43 Å². The Morgan fingerprint density at radius 1 is 1.09 bits per heavy atom. The molecule has 0 saturated carbocycles. The van der Waals surface area contributed by atoms with Gasteiger partial charge in [0.15, 0.2) is 0 Å². The minimum atomic E-state index is -0.202. The van der Waals surface area contributed by atoms with Crippen molar-refractivity contribution in [1.82, 2.24) is 5.43 Å². The molecule has 0 atom stereocenters. The van der Waals surface area contributed by atoms with E-state index < -0.39 is 0 Å². The number of amides is 1. The van der Waals surface area contributed by atoms with Gasteiger partial charge >= 0.3 is 0 Å². The Hall–Kier alpha value is -2.68. The summed E-state index contributed by atoms with van der Waals surface area (Å²) in [5, 5.41) is 3.99. The van der Waals surface area contributed by atoms with Crippen LogP contribution < -0.4 is 5.43 Å². The number of nitrogens with zero attached hydrogens (tertiary/aromatic N) is 1. The van der Waals surface area contributed by atoms with Gasteiger partial charge in [0.2, 0.25) is 0 Å². The quantitative estimate of drug-likeness (QED) is 0.655. The first kappa shape index (κ1) is 15.7. The first-order chi connectivity index (χ1) is 10.7. The van der Waals surface area contributed by atoms with Gasteiger partial charge in [0.1, 0.15) is 0 Å². The van der Waals surface area contributed by atoms with Crippen LogP contribution in [0.25, 0.3) is 6.08 Å². The van der Waals surface area contributed by atoms with Gasteiger partial charge in [-0.05, 0) is 42.2 Å². The fourth-order valence-electron chi connectivity index (χ4n) is 2.00. The third-order valence-electron chi connectivity index (χ3n) is 3.25. The molecule has 2 aromatic rings. The number of hydrogen-bond acceptors (Lipinski definition) is 2. The second kappa shape index (κ2) is 7.93. The van der Waals surface area contributed by atoms with Crippen LogP contribution >= 0.6 is 0 Å². The van der Waals surface area contributed by atoms with E-state index in [4.69, 9.17) is 0 Å². The van der Waals surface area contributed by atoms with Crippen LogP contribution in [0.3, 0.4) is 0 Å². The number of carbonyl (C=O) groups excluding carboxylic acids is 1. The van der Waals surface area contributed by atoms with Gasteiger partial charge in [0.25, 0.3) is 5.91 Å². The molecule has 0 unspecified atom stereocenters. The molecule has 0 aromatic heterocycles. The summed E-state index contributed by atoms with van der Waals surface area (Å²) in [6, 6.07) is 17.5. The predicted octanol–water partition coefficient (Wildman–Crippen LogP) is 4.07. The predicted molar refractivity (Wildman–Crippen MR) is 91.9 cm³/mol. The van der Waals surface area contributed by atoms with Crippen LogP contribution in [0.2, 0.25) is 0 Å². The Kier molecular flexibility index (Phi) is 5.66. The number of hydrogen-bond donors (Lipinski definition) is 1. The number of nitrogens with one attached hydrogen (secondary N) is 1. The van der Waals surface area contributed by atoms with Crippen molar-refractivity contribution in [3.05, 3.63) is 76.9 Å². The molecule has 0 fully saturated rings. The molecule has 0 bridgehead atoms. The maximum atomic E-state index is 11.9. The molecule has 112 valence electrons. The Morgan fingerprint density at radius 2 is 1.77 bits per heavy atom. The molecular formula is C19H20N2O. The van der Waals surface area contributed by atoms with E-state index in [1.807, 2.05) is 67.6 Å². The van der Waals surface area contributed by atoms with E-state index in [0.717, 1.165) is 17.6 Å². The van der Waals surface area contributed by atoms with Gasteiger partial charge in [-0.15, -0.1) is 0 Å². The zero-order valence-corrected chi connectivity index (χ0v) is 12.9. The van der Waals surface area contributed by atoms with Crippen LogP contribution in [0.5, 0.6) is 0 Å². The summed E-state index contributed by atoms with van der Waals surface area (Å²) in [5.74, 6) is -0.202. The van der Waals surface area contributed by atoms with Crippen LogP contribution in [-0.2, 0) is 6.42 Å². The highest BCUT2D eigenvalue weighted by atomic mass is 16.2. The van der Waals surface area contributed by atoms with Crippen molar-refractivity contribution in [3.8, 4) is 0 Å². The maximum Gasteiger partial charge on any atom is 0.271 e. The van der Waals surface area contributed by atoms with Gasteiger partial charge < -0.3 is 0 Å². The van der Waals surface area contributed by atoms with Crippen LogP contribution in [0, 0.1) is 0 Å². The Morgan fingerprint density at radius 3 is 2.41 bits per heavy atom. The van der Waals surface area contributed by atoms with E-state index in [0.29, 0.717) is 5.56 Å². The first-order valence-corrected chi connectivity index (χ1v) is 7.34. The normalized spacial score (nSPS) is 11.6. The van der Waals surface area contributed by atoms with Crippen molar-refractivity contribution in [2.45, 2.75) is 20.3 Å². The third-order valence-corrected chi connectivity index (χ3v) is 3.25. The molecule has 1 N–H and O–H groups in total. The zero-order chi connectivity index (χ0) is 15.8. The van der Waals surface area contributed by atoms with E-state index in [2.05, 4.69) is 17.5 Å². The smallest absolute Gasteiger partial charge is 0.267 e. The average Bonchev–Trinajstić information content (AvgIpc) is 2.55. The number of allylic oxidation sites excluding steroid dienone is 1. The summed E-state index contributed by atoms with van der Waals surface area (Å²) >= 11 is 0. The molecule has 0 radical (unpaired) electrons. The number of aryl methyl sites for hydroxylation is 1. The second-order valence-corrected chi connectivity index (χ2v) is 5.05. The van der Waals surface area contributed by atoms with Gasteiger partial charge in [0.05, 0.1) is 6.21 Å². The highest BCUT2D eigenvalue weighted by molar-refractivity contribution is 5.95. The van der Waals surface area contributed by atoms with Crippen LogP contribution in [0.1, 0.15) is 35.3 Å². The highest BCUT2D eigenvalue weighted by Crippen LogP contribution is 2.06. The summed E-state index contributed by atoms with van der Waals surface area (Å²) in [7, 11) is 0. The van der Waals surface area contributed by atoms with E-state index in [-0.39, 0.29) is 5.91 Å². The second-order valence-electron chi connectivity index (χ2n) is 5.05. The van der Waals surface area contributed by atoms with E-state index in [1.165, 1.54) is 5.56 Å². The standard InChI is InChI=1S/C19H20N2O/c1-3-16-9-11-18(12-10-16)19(22)21-20-14-15(2)13-17-7-5-4-6-8-17/h4-14H,3H2,1-2H3,(H,21,22)/b15-13+,20-14-. The molecule has 1 amide bonds. The van der Waals surface area contributed by atoms with Gasteiger partial charge in [-0.1, -0.05) is 55.5 Å². The average molecular weight is 292 g/mol. The van der Waals surface area contributed by atoms with Crippen LogP contribution in [0.15, 0.2) is 65.3 Å². The minimum absolute atomic E-state index is 0.202. The maximum absolute atomic E-state index is 11.9. The number of benzene rings is 2. The SMILES string of the molecule is CCc1ccc(C(=O)N/N=C\C(C)=C\c2ccccc2)cc1. The Bertz CT molecular complexity index is 670. The molecule has 0 saturated heterocycles. The molecule has 0 aliphatic rings. The Labute approximate surface area is 131 Å². The van der Waals surface area contributed by atoms with Gasteiger partial charge in [-0.3, -0.25) is 4.79 Å². The monoisotopic (exact) mass is 292 g/mol. The zero-order valence-electron chi connectivity index (χ0n) is 12.9. The van der Waals surface area contributed by atoms with E-state index in [9.17, 15) is 4.79 Å². The molecule has 22 heavy (non-hydrogen) atoms. The Balaban J connectivity index is 1.93. The number of rotatable bonds is 5. The van der Waals surface area contributed by atoms with Gasteiger partial charge in [0, 0.05) is 5.56 Å². The lowest BCUT2D eigenvalue weighted by Crippen LogP contribution is -2.17. The number of carbonyl (C=O) groups is 1. The molecule has 0 spiro atoms. The summed E-state index contributed by atoms with van der Waals surface area (Å²) in [4.78, 5) is 11.9. The van der Waals surface area contributed by atoms with Crippen molar-refractivity contribution in [2.24, 2.45) is 5.10 Å². The minimum Gasteiger partial charge on any atom is -0.267 e. The molecule has 0 aliphatic carbocycles. The summed E-state index contributed by atoms with van der Waals surface area (Å²) in [6.07, 6.45) is 4.61. The molecule has 3 heteroatoms. The fourth-order valence-corrected chi connectivity index (χ4v) is 2.00.